The van der Waals surface area contributed by atoms with E-state index in [9.17, 15) is 14.9 Å². The van der Waals surface area contributed by atoms with Crippen molar-refractivity contribution in [1.82, 2.24) is 14.3 Å². The van der Waals surface area contributed by atoms with Crippen molar-refractivity contribution in [2.24, 2.45) is 12.8 Å². The molecule has 0 radical (unpaired) electrons. The Hall–Kier alpha value is -2.75. The highest BCUT2D eigenvalue weighted by Crippen LogP contribution is 2.35. The van der Waals surface area contributed by atoms with E-state index in [0.29, 0.717) is 23.7 Å². The third-order valence-corrected chi connectivity index (χ3v) is 5.13. The molecule has 0 saturated heterocycles. The predicted molar refractivity (Wildman–Crippen MR) is 98.3 cm³/mol. The van der Waals surface area contributed by atoms with Crippen LogP contribution >= 0.6 is 12.2 Å². The third-order valence-electron chi connectivity index (χ3n) is 4.64. The van der Waals surface area contributed by atoms with Gasteiger partial charge in [0.2, 0.25) is 5.91 Å². The molecule has 1 amide bonds. The largest absolute Gasteiger partial charge is 0.370 e. The van der Waals surface area contributed by atoms with Crippen LogP contribution in [0.4, 0.5) is 11.4 Å². The summed E-state index contributed by atoms with van der Waals surface area (Å²) in [7, 11) is 1.81. The topological polar surface area (TPSA) is 112 Å². The molecule has 1 aromatic heterocycles. The summed E-state index contributed by atoms with van der Waals surface area (Å²) in [6.45, 7) is 2.50. The Balaban J connectivity index is 1.86. The Kier molecular flexibility index (Phi) is 4.77. The molecule has 0 aliphatic carbocycles. The molecule has 1 aliphatic heterocycles. The van der Waals surface area contributed by atoms with E-state index in [2.05, 4.69) is 16.9 Å². The van der Waals surface area contributed by atoms with Gasteiger partial charge in [-0.1, -0.05) is 0 Å². The molecule has 26 heavy (non-hydrogen) atoms. The minimum Gasteiger partial charge on any atom is -0.370 e. The molecule has 2 heterocycles. The molecule has 0 spiro atoms. The number of non-ortho nitro benzene ring substituents is 1. The van der Waals surface area contributed by atoms with Gasteiger partial charge in [0.25, 0.3) is 5.69 Å². The first-order valence-electron chi connectivity index (χ1n) is 8.23. The molecule has 0 bridgehead atoms. The first kappa shape index (κ1) is 18.1. The van der Waals surface area contributed by atoms with Gasteiger partial charge in [-0.3, -0.25) is 14.9 Å². The average Bonchev–Trinajstić information content (AvgIpc) is 3.03. The van der Waals surface area contributed by atoms with Gasteiger partial charge in [-0.2, -0.15) is 5.10 Å². The fourth-order valence-electron chi connectivity index (χ4n) is 3.23. The second-order valence-corrected chi connectivity index (χ2v) is 6.82. The maximum atomic E-state index is 11.0. The number of primary amides is 1. The zero-order chi connectivity index (χ0) is 19.0. The van der Waals surface area contributed by atoms with Crippen LogP contribution in [0, 0.1) is 14.9 Å². The van der Waals surface area contributed by atoms with Crippen molar-refractivity contribution in [2.45, 2.75) is 38.9 Å². The molecule has 10 heteroatoms. The van der Waals surface area contributed by atoms with E-state index in [0.717, 1.165) is 17.7 Å². The van der Waals surface area contributed by atoms with Crippen LogP contribution in [0.5, 0.6) is 0 Å². The van der Waals surface area contributed by atoms with Crippen LogP contribution in [0.2, 0.25) is 0 Å². The van der Waals surface area contributed by atoms with Crippen LogP contribution in [0.15, 0.2) is 18.2 Å². The lowest BCUT2D eigenvalue weighted by Gasteiger charge is -2.24. The van der Waals surface area contributed by atoms with Gasteiger partial charge in [0, 0.05) is 43.8 Å². The zero-order valence-corrected chi connectivity index (χ0v) is 15.4. The molecule has 9 nitrogen and oxygen atoms in total. The molecule has 1 atom stereocenters. The number of nitrogens with two attached hydrogens (primary N) is 1. The normalized spacial score (nSPS) is 15.9. The van der Waals surface area contributed by atoms with Crippen molar-refractivity contribution in [3.05, 3.63) is 44.5 Å². The van der Waals surface area contributed by atoms with Crippen LogP contribution in [-0.4, -0.2) is 31.2 Å². The number of carbonyl (C=O) groups is 1. The van der Waals surface area contributed by atoms with Crippen LogP contribution in [0.25, 0.3) is 0 Å². The minimum atomic E-state index is -0.381. The summed E-state index contributed by atoms with van der Waals surface area (Å²) in [4.78, 5) is 23.7. The molecule has 1 aromatic carbocycles. The van der Waals surface area contributed by atoms with Gasteiger partial charge in [0.15, 0.2) is 4.77 Å². The van der Waals surface area contributed by atoms with Crippen molar-refractivity contribution in [2.75, 3.05) is 4.90 Å². The van der Waals surface area contributed by atoms with Crippen molar-refractivity contribution in [3.8, 4) is 0 Å². The van der Waals surface area contributed by atoms with Crippen molar-refractivity contribution < 1.29 is 9.72 Å². The van der Waals surface area contributed by atoms with Crippen LogP contribution in [0.3, 0.4) is 0 Å². The highest BCUT2D eigenvalue weighted by atomic mass is 32.1. The van der Waals surface area contributed by atoms with Gasteiger partial charge >= 0.3 is 0 Å². The second kappa shape index (κ2) is 6.87. The van der Waals surface area contributed by atoms with Gasteiger partial charge in [0.1, 0.15) is 12.5 Å². The van der Waals surface area contributed by atoms with Crippen molar-refractivity contribution in [1.29, 1.82) is 0 Å². The zero-order valence-electron chi connectivity index (χ0n) is 14.6. The summed E-state index contributed by atoms with van der Waals surface area (Å²) in [6, 6.07) is 5.09. The Morgan fingerprint density at radius 3 is 2.88 bits per heavy atom. The maximum absolute atomic E-state index is 11.0. The average molecular weight is 376 g/mol. The second-order valence-electron chi connectivity index (χ2n) is 6.46. The van der Waals surface area contributed by atoms with E-state index >= 15 is 0 Å². The fraction of sp³-hybridized carbons (Fsp3) is 0.438. The van der Waals surface area contributed by atoms with E-state index in [4.69, 9.17) is 18.0 Å². The van der Waals surface area contributed by atoms with Crippen LogP contribution in [0.1, 0.15) is 24.7 Å². The summed E-state index contributed by atoms with van der Waals surface area (Å²) in [5, 5.41) is 15.5. The number of nitro groups is 1. The summed E-state index contributed by atoms with van der Waals surface area (Å²) in [6.07, 6.45) is 1.37. The lowest BCUT2D eigenvalue weighted by Crippen LogP contribution is -2.32. The van der Waals surface area contributed by atoms with Crippen molar-refractivity contribution >= 4 is 29.5 Å². The number of hydrogen-bond acceptors (Lipinski definition) is 6. The quantitative estimate of drug-likeness (QED) is 0.466. The smallest absolute Gasteiger partial charge is 0.269 e. The van der Waals surface area contributed by atoms with Gasteiger partial charge in [0.05, 0.1) is 4.92 Å². The lowest BCUT2D eigenvalue weighted by molar-refractivity contribution is -0.384. The molecular formula is C16H20N6O3S. The molecule has 138 valence electrons. The molecule has 1 aliphatic rings. The monoisotopic (exact) mass is 376 g/mol. The number of rotatable bonds is 6. The molecule has 2 aromatic rings. The Morgan fingerprint density at radius 2 is 2.23 bits per heavy atom. The van der Waals surface area contributed by atoms with Gasteiger partial charge in [-0.25, -0.2) is 4.68 Å². The molecule has 2 N–H and O–H groups in total. The Bertz CT molecular complexity index is 935. The van der Waals surface area contributed by atoms with E-state index in [1.165, 1.54) is 6.07 Å². The highest BCUT2D eigenvalue weighted by Gasteiger charge is 2.28. The predicted octanol–water partition coefficient (Wildman–Crippen LogP) is 1.69. The van der Waals surface area contributed by atoms with Gasteiger partial charge < -0.3 is 15.2 Å². The summed E-state index contributed by atoms with van der Waals surface area (Å²) < 4.78 is 4.03. The number of aryl methyl sites for hydroxylation is 1. The number of aromatic nitrogens is 3. The summed E-state index contributed by atoms with van der Waals surface area (Å²) >= 11 is 5.45. The van der Waals surface area contributed by atoms with E-state index in [1.807, 2.05) is 7.05 Å². The molecule has 3 rings (SSSR count). The molecule has 0 unspecified atom stereocenters. The number of amides is 1. The summed E-state index contributed by atoms with van der Waals surface area (Å²) in [5.74, 6) is 0.318. The molecular weight excluding hydrogens is 356 g/mol. The van der Waals surface area contributed by atoms with Crippen molar-refractivity contribution in [3.63, 3.8) is 0 Å². The Labute approximate surface area is 155 Å². The first-order chi connectivity index (χ1) is 12.3. The first-order valence-corrected chi connectivity index (χ1v) is 8.63. The Morgan fingerprint density at radius 1 is 1.50 bits per heavy atom. The van der Waals surface area contributed by atoms with Crippen LogP contribution in [-0.2, 0) is 31.4 Å². The highest BCUT2D eigenvalue weighted by molar-refractivity contribution is 7.71. The number of benzene rings is 1. The fourth-order valence-corrected chi connectivity index (χ4v) is 3.44. The van der Waals surface area contributed by atoms with E-state index in [-0.39, 0.29) is 29.0 Å². The number of nitro benzene ring substituents is 1. The van der Waals surface area contributed by atoms with Crippen LogP contribution < -0.4 is 10.6 Å². The lowest BCUT2D eigenvalue weighted by atomic mass is 10.1. The van der Waals surface area contributed by atoms with Gasteiger partial charge in [-0.05, 0) is 37.2 Å². The molecule has 0 fully saturated rings. The number of nitrogens with zero attached hydrogens (tertiary/aromatic N) is 5. The van der Waals surface area contributed by atoms with Gasteiger partial charge in [-0.15, -0.1) is 0 Å². The maximum Gasteiger partial charge on any atom is 0.269 e. The SMILES string of the molecule is C[C@@H]1Cc2cc([N+](=O)[O-])ccc2N1Cn1nc(CCC(N)=O)n(C)c1=S. The van der Waals surface area contributed by atoms with E-state index in [1.54, 1.807) is 21.4 Å². The summed E-state index contributed by atoms with van der Waals surface area (Å²) in [5.41, 5.74) is 7.21. The standard InChI is InChI=1S/C16H20N6O3S/c1-10-7-11-8-12(22(24)25)3-4-13(11)20(10)9-21-16(26)19(2)15(18-21)6-5-14(17)23/h3-4,8,10H,5-7,9H2,1-2H3,(H2,17,23)/t10-/m1/s1. The number of hydrogen-bond donors (Lipinski definition) is 1. The minimum absolute atomic E-state index is 0.0981. The molecule has 0 saturated carbocycles. The van der Waals surface area contributed by atoms with E-state index < -0.39 is 0 Å². The number of carbonyl (C=O) groups excluding carboxylic acids is 1. The number of fused-ring (bicyclic) bond motifs is 1. The number of anilines is 1. The third kappa shape index (κ3) is 3.32.